The fraction of sp³-hybridized carbons (Fsp3) is 0.176. The molecular formula is C17H12BrF2N3O3. The quantitative estimate of drug-likeness (QED) is 0.465. The van der Waals surface area contributed by atoms with E-state index in [1.54, 1.807) is 12.1 Å². The highest BCUT2D eigenvalue weighted by Crippen LogP contribution is 2.29. The third-order valence-corrected chi connectivity index (χ3v) is 4.58. The Bertz CT molecular complexity index is 920. The standard InChI is InChI=1S/C17H12BrF2N3O3/c1-17(9-2-5-14(18)21-7-9)15(25)23(16(26)22-17)8-13(24)11-4-3-10(19)6-12(11)20/h2-7H,8H2,1H3,(H,22,26). The van der Waals surface area contributed by atoms with Crippen LogP contribution in [-0.2, 0) is 10.3 Å². The van der Waals surface area contributed by atoms with Gasteiger partial charge in [0.05, 0.1) is 12.1 Å². The van der Waals surface area contributed by atoms with Gasteiger partial charge in [-0.05, 0) is 41.1 Å². The summed E-state index contributed by atoms with van der Waals surface area (Å²) in [6.45, 7) is 0.827. The molecule has 0 spiro atoms. The molecule has 2 heterocycles. The number of urea groups is 1. The van der Waals surface area contributed by atoms with Crippen molar-refractivity contribution in [3.8, 4) is 0 Å². The van der Waals surface area contributed by atoms with E-state index in [9.17, 15) is 23.2 Å². The van der Waals surface area contributed by atoms with Gasteiger partial charge in [-0.25, -0.2) is 18.6 Å². The van der Waals surface area contributed by atoms with Crippen LogP contribution in [0.1, 0.15) is 22.8 Å². The Balaban J connectivity index is 1.85. The van der Waals surface area contributed by atoms with E-state index in [1.165, 1.54) is 13.1 Å². The summed E-state index contributed by atoms with van der Waals surface area (Å²) in [4.78, 5) is 41.9. The Morgan fingerprint density at radius 1 is 1.27 bits per heavy atom. The van der Waals surface area contributed by atoms with Gasteiger partial charge in [0.15, 0.2) is 5.78 Å². The number of pyridine rings is 1. The number of imide groups is 1. The molecule has 1 aliphatic heterocycles. The van der Waals surface area contributed by atoms with E-state index in [1.807, 2.05) is 0 Å². The molecule has 1 aromatic heterocycles. The maximum absolute atomic E-state index is 13.7. The monoisotopic (exact) mass is 423 g/mol. The maximum atomic E-state index is 13.7. The number of aromatic nitrogens is 1. The third-order valence-electron chi connectivity index (χ3n) is 4.11. The molecule has 1 N–H and O–H groups in total. The lowest BCUT2D eigenvalue weighted by Gasteiger charge is -2.21. The summed E-state index contributed by atoms with van der Waals surface area (Å²) >= 11 is 3.18. The number of hydrogen-bond donors (Lipinski definition) is 1. The van der Waals surface area contributed by atoms with Crippen molar-refractivity contribution >= 4 is 33.7 Å². The van der Waals surface area contributed by atoms with Crippen molar-refractivity contribution in [2.24, 2.45) is 0 Å². The lowest BCUT2D eigenvalue weighted by molar-refractivity contribution is -0.130. The Labute approximate surface area is 155 Å². The Morgan fingerprint density at radius 2 is 2.00 bits per heavy atom. The van der Waals surface area contributed by atoms with Gasteiger partial charge in [0.2, 0.25) is 0 Å². The summed E-state index contributed by atoms with van der Waals surface area (Å²) in [6.07, 6.45) is 1.42. The van der Waals surface area contributed by atoms with Gasteiger partial charge in [-0.1, -0.05) is 6.07 Å². The second-order valence-corrected chi connectivity index (χ2v) is 6.68. The minimum atomic E-state index is -1.40. The highest BCUT2D eigenvalue weighted by molar-refractivity contribution is 9.10. The summed E-state index contributed by atoms with van der Waals surface area (Å²) in [5.74, 6) is -3.36. The number of hydrogen-bond acceptors (Lipinski definition) is 4. The van der Waals surface area contributed by atoms with Crippen molar-refractivity contribution < 1.29 is 23.2 Å². The highest BCUT2D eigenvalue weighted by Gasteiger charge is 2.49. The summed E-state index contributed by atoms with van der Waals surface area (Å²) in [7, 11) is 0. The van der Waals surface area contributed by atoms with Crippen LogP contribution in [0, 0.1) is 11.6 Å². The number of ketones is 1. The number of nitrogens with zero attached hydrogens (tertiary/aromatic N) is 2. The fourth-order valence-electron chi connectivity index (χ4n) is 2.65. The Kier molecular flexibility index (Phi) is 4.57. The first-order valence-corrected chi connectivity index (χ1v) is 8.26. The first kappa shape index (κ1) is 18.1. The van der Waals surface area contributed by atoms with Gasteiger partial charge in [-0.15, -0.1) is 0 Å². The smallest absolute Gasteiger partial charge is 0.319 e. The minimum Gasteiger partial charge on any atom is -0.319 e. The topological polar surface area (TPSA) is 79.4 Å². The molecule has 2 aromatic rings. The van der Waals surface area contributed by atoms with Gasteiger partial charge in [0.25, 0.3) is 5.91 Å². The number of benzene rings is 1. The predicted octanol–water partition coefficient (Wildman–Crippen LogP) is 2.77. The number of halogens is 3. The lowest BCUT2D eigenvalue weighted by Crippen LogP contribution is -2.41. The molecule has 9 heteroatoms. The molecule has 6 nitrogen and oxygen atoms in total. The summed E-state index contributed by atoms with van der Waals surface area (Å²) in [5.41, 5.74) is -1.36. The summed E-state index contributed by atoms with van der Waals surface area (Å²) < 4.78 is 27.3. The van der Waals surface area contributed by atoms with Crippen molar-refractivity contribution in [2.45, 2.75) is 12.5 Å². The molecular weight excluding hydrogens is 412 g/mol. The molecule has 134 valence electrons. The normalized spacial score (nSPS) is 19.6. The molecule has 3 rings (SSSR count). The molecule has 1 atom stereocenters. The van der Waals surface area contributed by atoms with E-state index < -0.39 is 47.0 Å². The van der Waals surface area contributed by atoms with Crippen LogP contribution >= 0.6 is 15.9 Å². The average Bonchev–Trinajstić information content (AvgIpc) is 2.79. The zero-order valence-electron chi connectivity index (χ0n) is 13.4. The minimum absolute atomic E-state index is 0.397. The number of amides is 3. The van der Waals surface area contributed by atoms with Crippen molar-refractivity contribution in [3.05, 3.63) is 63.9 Å². The average molecular weight is 424 g/mol. The summed E-state index contributed by atoms with van der Waals surface area (Å²) in [5, 5.41) is 2.52. The SMILES string of the molecule is CC1(c2ccc(Br)nc2)NC(=O)N(CC(=O)c2ccc(F)cc2F)C1=O. The molecule has 1 fully saturated rings. The van der Waals surface area contributed by atoms with E-state index in [4.69, 9.17) is 0 Å². The molecule has 1 aromatic carbocycles. The van der Waals surface area contributed by atoms with E-state index in [2.05, 4.69) is 26.2 Å². The van der Waals surface area contributed by atoms with Gasteiger partial charge >= 0.3 is 6.03 Å². The van der Waals surface area contributed by atoms with Gasteiger partial charge in [0.1, 0.15) is 21.8 Å². The van der Waals surface area contributed by atoms with Crippen LogP contribution in [0.5, 0.6) is 0 Å². The van der Waals surface area contributed by atoms with E-state index in [0.29, 0.717) is 21.1 Å². The number of carbonyl (C=O) groups excluding carboxylic acids is 3. The lowest BCUT2D eigenvalue weighted by atomic mass is 9.93. The number of rotatable bonds is 4. The molecule has 1 aliphatic rings. The van der Waals surface area contributed by atoms with Crippen LogP contribution in [0.4, 0.5) is 13.6 Å². The molecule has 1 saturated heterocycles. The largest absolute Gasteiger partial charge is 0.325 e. The van der Waals surface area contributed by atoms with Crippen LogP contribution in [0.25, 0.3) is 0 Å². The molecule has 0 radical (unpaired) electrons. The number of carbonyl (C=O) groups is 3. The van der Waals surface area contributed by atoms with Crippen molar-refractivity contribution in [1.29, 1.82) is 0 Å². The van der Waals surface area contributed by atoms with Crippen LogP contribution in [0.15, 0.2) is 41.1 Å². The van der Waals surface area contributed by atoms with Crippen LogP contribution in [-0.4, -0.2) is 34.2 Å². The first-order chi connectivity index (χ1) is 12.2. The van der Waals surface area contributed by atoms with Crippen molar-refractivity contribution in [2.75, 3.05) is 6.54 Å². The Hall–Kier alpha value is -2.68. The van der Waals surface area contributed by atoms with Gasteiger partial charge in [-0.2, -0.15) is 0 Å². The van der Waals surface area contributed by atoms with E-state index in [0.717, 1.165) is 12.1 Å². The zero-order valence-corrected chi connectivity index (χ0v) is 15.0. The van der Waals surface area contributed by atoms with Crippen molar-refractivity contribution in [1.82, 2.24) is 15.2 Å². The summed E-state index contributed by atoms with van der Waals surface area (Å²) in [6, 6.07) is 4.91. The third kappa shape index (κ3) is 3.10. The molecule has 3 amide bonds. The maximum Gasteiger partial charge on any atom is 0.325 e. The van der Waals surface area contributed by atoms with Gasteiger partial charge in [0, 0.05) is 17.8 Å². The second kappa shape index (κ2) is 6.56. The first-order valence-electron chi connectivity index (χ1n) is 7.47. The highest BCUT2D eigenvalue weighted by atomic mass is 79.9. The van der Waals surface area contributed by atoms with Crippen LogP contribution in [0.2, 0.25) is 0 Å². The fourth-order valence-corrected chi connectivity index (χ4v) is 2.89. The molecule has 1 unspecified atom stereocenters. The zero-order chi connectivity index (χ0) is 19.1. The van der Waals surface area contributed by atoms with Gasteiger partial charge < -0.3 is 5.32 Å². The second-order valence-electron chi connectivity index (χ2n) is 5.86. The van der Waals surface area contributed by atoms with E-state index in [-0.39, 0.29) is 0 Å². The van der Waals surface area contributed by atoms with E-state index >= 15 is 0 Å². The van der Waals surface area contributed by atoms with Crippen LogP contribution < -0.4 is 5.32 Å². The molecule has 26 heavy (non-hydrogen) atoms. The van der Waals surface area contributed by atoms with Crippen LogP contribution in [0.3, 0.4) is 0 Å². The van der Waals surface area contributed by atoms with Gasteiger partial charge in [-0.3, -0.25) is 14.5 Å². The molecule has 0 saturated carbocycles. The predicted molar refractivity (Wildman–Crippen MR) is 90.2 cm³/mol. The molecule has 0 aliphatic carbocycles. The molecule has 0 bridgehead atoms. The Morgan fingerprint density at radius 3 is 2.62 bits per heavy atom. The number of nitrogens with one attached hydrogen (secondary N) is 1. The number of Topliss-reactive ketones (excluding diaryl/α,β-unsaturated/α-hetero) is 1. The van der Waals surface area contributed by atoms with Crippen molar-refractivity contribution in [3.63, 3.8) is 0 Å².